The quantitative estimate of drug-likeness (QED) is 0.869. The fourth-order valence-corrected chi connectivity index (χ4v) is 1.66. The predicted octanol–water partition coefficient (Wildman–Crippen LogP) is 1.69. The smallest absolute Gasteiger partial charge is 0.169 e. The van der Waals surface area contributed by atoms with Crippen LogP contribution in [0.15, 0.2) is 16.6 Å². The molecule has 0 amide bonds. The van der Waals surface area contributed by atoms with Crippen molar-refractivity contribution in [2.24, 2.45) is 0 Å². The van der Waals surface area contributed by atoms with Crippen LogP contribution in [0.2, 0.25) is 0 Å². The molecular weight excluding hydrogens is 284 g/mol. The maximum absolute atomic E-state index is 13.3. The van der Waals surface area contributed by atoms with Gasteiger partial charge in [-0.15, -0.1) is 0 Å². The molecule has 0 saturated carbocycles. The van der Waals surface area contributed by atoms with E-state index >= 15 is 0 Å². The van der Waals surface area contributed by atoms with E-state index in [0.717, 1.165) is 12.1 Å². The maximum Gasteiger partial charge on any atom is 0.169 e. The van der Waals surface area contributed by atoms with E-state index in [2.05, 4.69) is 21.2 Å². The summed E-state index contributed by atoms with van der Waals surface area (Å²) in [4.78, 5) is 0. The van der Waals surface area contributed by atoms with Crippen LogP contribution in [0, 0.1) is 11.6 Å². The molecule has 1 rings (SSSR count). The number of aliphatic hydroxyl groups excluding tert-OH is 1. The second-order valence-electron chi connectivity index (χ2n) is 3.22. The number of rotatable bonds is 5. The average molecular weight is 296 g/mol. The lowest BCUT2D eigenvalue weighted by Gasteiger charge is -2.13. The molecular formula is C10H12BrF2NO2. The van der Waals surface area contributed by atoms with E-state index in [4.69, 9.17) is 4.74 Å². The van der Waals surface area contributed by atoms with E-state index in [1.54, 1.807) is 7.05 Å². The van der Waals surface area contributed by atoms with Crippen molar-refractivity contribution in [3.05, 3.63) is 28.2 Å². The molecule has 0 fully saturated rings. The summed E-state index contributed by atoms with van der Waals surface area (Å²) in [6.45, 7) is 0.266. The Bertz CT molecular complexity index is 340. The molecule has 1 unspecified atom stereocenters. The molecule has 2 N–H and O–H groups in total. The first-order valence-corrected chi connectivity index (χ1v) is 5.44. The lowest BCUT2D eigenvalue weighted by atomic mass is 10.3. The Labute approximate surface area is 101 Å². The van der Waals surface area contributed by atoms with Crippen LogP contribution in [0.5, 0.6) is 5.75 Å². The van der Waals surface area contributed by atoms with E-state index in [9.17, 15) is 13.9 Å². The van der Waals surface area contributed by atoms with Crippen LogP contribution in [-0.2, 0) is 0 Å². The van der Waals surface area contributed by atoms with Crippen molar-refractivity contribution in [1.29, 1.82) is 0 Å². The molecule has 3 nitrogen and oxygen atoms in total. The van der Waals surface area contributed by atoms with E-state index in [1.807, 2.05) is 0 Å². The van der Waals surface area contributed by atoms with Gasteiger partial charge in [0.05, 0.1) is 4.47 Å². The molecule has 90 valence electrons. The minimum Gasteiger partial charge on any atom is -0.487 e. The Balaban J connectivity index is 2.67. The molecule has 0 aliphatic rings. The highest BCUT2D eigenvalue weighted by Gasteiger charge is 2.12. The van der Waals surface area contributed by atoms with Crippen molar-refractivity contribution in [2.75, 3.05) is 20.2 Å². The first kappa shape index (κ1) is 13.3. The summed E-state index contributed by atoms with van der Waals surface area (Å²) in [5.41, 5.74) is 0. The van der Waals surface area contributed by atoms with Gasteiger partial charge in [-0.2, -0.15) is 0 Å². The number of benzene rings is 1. The number of hydrogen-bond acceptors (Lipinski definition) is 3. The van der Waals surface area contributed by atoms with Crippen LogP contribution < -0.4 is 10.1 Å². The van der Waals surface area contributed by atoms with E-state index in [1.165, 1.54) is 0 Å². The van der Waals surface area contributed by atoms with Crippen LogP contribution in [0.4, 0.5) is 8.78 Å². The molecule has 6 heteroatoms. The first-order chi connectivity index (χ1) is 7.54. The topological polar surface area (TPSA) is 41.5 Å². The molecule has 0 aliphatic heterocycles. The molecule has 1 aromatic carbocycles. The average Bonchev–Trinajstić information content (AvgIpc) is 2.16. The van der Waals surface area contributed by atoms with Gasteiger partial charge in [-0.3, -0.25) is 0 Å². The Hall–Kier alpha value is -0.720. The zero-order valence-electron chi connectivity index (χ0n) is 8.64. The molecule has 1 atom stereocenters. The third-order valence-electron chi connectivity index (χ3n) is 1.82. The van der Waals surface area contributed by atoms with Crippen LogP contribution >= 0.6 is 15.9 Å². The Morgan fingerprint density at radius 1 is 1.50 bits per heavy atom. The minimum atomic E-state index is -0.802. The normalized spacial score (nSPS) is 12.6. The number of halogens is 3. The van der Waals surface area contributed by atoms with Crippen molar-refractivity contribution < 1.29 is 18.6 Å². The van der Waals surface area contributed by atoms with Gasteiger partial charge in [0.2, 0.25) is 0 Å². The summed E-state index contributed by atoms with van der Waals surface area (Å²) in [5, 5.41) is 12.1. The van der Waals surface area contributed by atoms with Crippen LogP contribution in [-0.4, -0.2) is 31.4 Å². The Kier molecular flexibility index (Phi) is 5.11. The fraction of sp³-hybridized carbons (Fsp3) is 0.400. The summed E-state index contributed by atoms with van der Waals surface area (Å²) in [6, 6.07) is 1.83. The van der Waals surface area contributed by atoms with Crippen LogP contribution in [0.1, 0.15) is 0 Å². The molecule has 0 spiro atoms. The highest BCUT2D eigenvalue weighted by molar-refractivity contribution is 9.10. The number of nitrogens with one attached hydrogen (secondary N) is 1. The monoisotopic (exact) mass is 295 g/mol. The molecule has 0 radical (unpaired) electrons. The summed E-state index contributed by atoms with van der Waals surface area (Å²) < 4.78 is 31.2. The molecule has 0 aliphatic carbocycles. The second-order valence-corrected chi connectivity index (χ2v) is 4.08. The van der Waals surface area contributed by atoms with Crippen molar-refractivity contribution in [3.8, 4) is 5.75 Å². The van der Waals surface area contributed by atoms with Gasteiger partial charge in [-0.1, -0.05) is 0 Å². The van der Waals surface area contributed by atoms with Crippen LogP contribution in [0.3, 0.4) is 0 Å². The van der Waals surface area contributed by atoms with Gasteiger partial charge in [-0.05, 0) is 29.0 Å². The highest BCUT2D eigenvalue weighted by Crippen LogP contribution is 2.29. The molecule has 0 bridgehead atoms. The highest BCUT2D eigenvalue weighted by atomic mass is 79.9. The van der Waals surface area contributed by atoms with Crippen molar-refractivity contribution in [1.82, 2.24) is 5.32 Å². The molecule has 0 aromatic heterocycles. The van der Waals surface area contributed by atoms with Crippen molar-refractivity contribution in [3.63, 3.8) is 0 Å². The number of aliphatic hydroxyl groups is 1. The SMILES string of the molecule is CNCC(O)COc1c(F)cc(F)cc1Br. The number of ether oxygens (including phenoxy) is 1. The summed E-state index contributed by atoms with van der Waals surface area (Å²) in [5.74, 6) is -1.59. The number of likely N-dealkylation sites (N-methyl/N-ethyl adjacent to an activating group) is 1. The van der Waals surface area contributed by atoms with Gasteiger partial charge in [0, 0.05) is 12.6 Å². The van der Waals surface area contributed by atoms with Gasteiger partial charge in [0.15, 0.2) is 11.6 Å². The zero-order chi connectivity index (χ0) is 12.1. The van der Waals surface area contributed by atoms with E-state index < -0.39 is 17.7 Å². The van der Waals surface area contributed by atoms with Crippen molar-refractivity contribution in [2.45, 2.75) is 6.10 Å². The fourth-order valence-electron chi connectivity index (χ4n) is 1.14. The van der Waals surface area contributed by atoms with Gasteiger partial charge in [0.1, 0.15) is 18.5 Å². The van der Waals surface area contributed by atoms with Gasteiger partial charge in [-0.25, -0.2) is 8.78 Å². The van der Waals surface area contributed by atoms with Gasteiger partial charge >= 0.3 is 0 Å². The zero-order valence-corrected chi connectivity index (χ0v) is 10.2. The molecule has 0 saturated heterocycles. The van der Waals surface area contributed by atoms with E-state index in [-0.39, 0.29) is 16.8 Å². The third-order valence-corrected chi connectivity index (χ3v) is 2.41. The lowest BCUT2D eigenvalue weighted by molar-refractivity contribution is 0.105. The summed E-state index contributed by atoms with van der Waals surface area (Å²) >= 11 is 2.98. The van der Waals surface area contributed by atoms with E-state index in [0.29, 0.717) is 6.54 Å². The van der Waals surface area contributed by atoms with Gasteiger partial charge < -0.3 is 15.2 Å². The summed E-state index contributed by atoms with van der Waals surface area (Å²) in [7, 11) is 1.68. The minimum absolute atomic E-state index is 0.0675. The largest absolute Gasteiger partial charge is 0.487 e. The standard InChI is InChI=1S/C10H12BrF2NO2/c1-14-4-7(15)5-16-10-8(11)2-6(12)3-9(10)13/h2-3,7,14-15H,4-5H2,1H3. The van der Waals surface area contributed by atoms with Crippen molar-refractivity contribution >= 4 is 15.9 Å². The molecule has 0 heterocycles. The van der Waals surface area contributed by atoms with Gasteiger partial charge in [0.25, 0.3) is 0 Å². The maximum atomic E-state index is 13.3. The second kappa shape index (κ2) is 6.12. The predicted molar refractivity (Wildman–Crippen MR) is 59.5 cm³/mol. The third kappa shape index (κ3) is 3.70. The Morgan fingerprint density at radius 2 is 2.19 bits per heavy atom. The lowest BCUT2D eigenvalue weighted by Crippen LogP contribution is -2.29. The molecule has 1 aromatic rings. The van der Waals surface area contributed by atoms with Crippen LogP contribution in [0.25, 0.3) is 0 Å². The summed E-state index contributed by atoms with van der Waals surface area (Å²) in [6.07, 6.45) is -0.749. The first-order valence-electron chi connectivity index (χ1n) is 4.64. The molecule has 16 heavy (non-hydrogen) atoms. The number of hydrogen-bond donors (Lipinski definition) is 2. The Morgan fingerprint density at radius 3 is 2.75 bits per heavy atom.